The third kappa shape index (κ3) is 4.34. The molecule has 1 aliphatic heterocycles. The fourth-order valence-electron chi connectivity index (χ4n) is 4.46. The lowest BCUT2D eigenvalue weighted by Crippen LogP contribution is -2.48. The molecule has 2 aromatic heterocycles. The number of fused-ring (bicyclic) bond motifs is 3. The highest BCUT2D eigenvalue weighted by molar-refractivity contribution is 7.18. The van der Waals surface area contributed by atoms with E-state index in [4.69, 9.17) is 4.98 Å². The summed E-state index contributed by atoms with van der Waals surface area (Å²) in [5, 5.41) is 0.809. The maximum Gasteiger partial charge on any atom is 0.259 e. The number of piperazine rings is 1. The Morgan fingerprint density at radius 2 is 1.87 bits per heavy atom. The second-order valence-corrected chi connectivity index (χ2v) is 9.33. The van der Waals surface area contributed by atoms with Gasteiger partial charge in [0, 0.05) is 37.1 Å². The number of hydrogen-bond acceptors (Lipinski definition) is 5. The van der Waals surface area contributed by atoms with Gasteiger partial charge in [-0.3, -0.25) is 14.5 Å². The number of H-pyrrole nitrogens is 1. The molecule has 1 saturated heterocycles. The molecular weight excluding hydrogens is 408 g/mol. The quantitative estimate of drug-likeness (QED) is 0.640. The third-order valence-corrected chi connectivity index (χ3v) is 7.34. The Kier molecular flexibility index (Phi) is 5.70. The van der Waals surface area contributed by atoms with Crippen LogP contribution in [0.1, 0.15) is 34.7 Å². The third-order valence-electron chi connectivity index (χ3n) is 6.15. The van der Waals surface area contributed by atoms with E-state index in [1.807, 2.05) is 41.3 Å². The van der Waals surface area contributed by atoms with Crippen molar-refractivity contribution in [1.82, 2.24) is 19.8 Å². The van der Waals surface area contributed by atoms with Gasteiger partial charge >= 0.3 is 0 Å². The van der Waals surface area contributed by atoms with E-state index in [0.717, 1.165) is 54.0 Å². The Labute approximate surface area is 185 Å². The van der Waals surface area contributed by atoms with Gasteiger partial charge in [-0.25, -0.2) is 4.98 Å². The van der Waals surface area contributed by atoms with Gasteiger partial charge in [-0.1, -0.05) is 30.3 Å². The number of nitrogens with one attached hydrogen (secondary N) is 1. The molecule has 0 radical (unpaired) electrons. The normalized spacial score (nSPS) is 17.4. The summed E-state index contributed by atoms with van der Waals surface area (Å²) < 4.78 is 0. The van der Waals surface area contributed by atoms with Gasteiger partial charge in [0.05, 0.1) is 11.9 Å². The first-order valence-electron chi connectivity index (χ1n) is 11.0. The molecule has 1 aliphatic carbocycles. The van der Waals surface area contributed by atoms with E-state index in [-0.39, 0.29) is 11.5 Å². The van der Waals surface area contributed by atoms with Crippen molar-refractivity contribution < 1.29 is 4.79 Å². The van der Waals surface area contributed by atoms with E-state index >= 15 is 0 Å². The first-order chi connectivity index (χ1) is 15.2. The van der Waals surface area contributed by atoms with Crippen LogP contribution < -0.4 is 5.56 Å². The molecule has 0 atom stereocenters. The molecule has 0 saturated carbocycles. The van der Waals surface area contributed by atoms with Gasteiger partial charge in [0.25, 0.3) is 5.56 Å². The van der Waals surface area contributed by atoms with Crippen LogP contribution in [-0.2, 0) is 24.2 Å². The van der Waals surface area contributed by atoms with Crippen LogP contribution in [0.15, 0.2) is 41.2 Å². The van der Waals surface area contributed by atoms with Crippen LogP contribution in [-0.4, -0.2) is 51.9 Å². The summed E-state index contributed by atoms with van der Waals surface area (Å²) >= 11 is 1.69. The zero-order valence-electron chi connectivity index (χ0n) is 17.5. The summed E-state index contributed by atoms with van der Waals surface area (Å²) in [6.07, 6.45) is 7.93. The lowest BCUT2D eigenvalue weighted by Gasteiger charge is -2.33. The van der Waals surface area contributed by atoms with Crippen molar-refractivity contribution in [2.75, 3.05) is 26.2 Å². The Morgan fingerprint density at radius 3 is 2.68 bits per heavy atom. The molecule has 7 heteroatoms. The average molecular weight is 435 g/mol. The molecule has 2 aliphatic rings. The molecule has 160 valence electrons. The van der Waals surface area contributed by atoms with Gasteiger partial charge in [0.15, 0.2) is 0 Å². The van der Waals surface area contributed by atoms with Crippen molar-refractivity contribution in [2.45, 2.75) is 32.2 Å². The maximum absolute atomic E-state index is 12.7. The zero-order valence-corrected chi connectivity index (χ0v) is 18.3. The number of amides is 1. The summed E-state index contributed by atoms with van der Waals surface area (Å²) in [6, 6.07) is 9.85. The van der Waals surface area contributed by atoms with Crippen LogP contribution in [0.25, 0.3) is 16.3 Å². The number of aromatic amines is 1. The van der Waals surface area contributed by atoms with Crippen molar-refractivity contribution >= 4 is 33.5 Å². The Hall–Kier alpha value is -2.77. The minimum Gasteiger partial charge on any atom is -0.337 e. The molecule has 1 N–H and O–H groups in total. The lowest BCUT2D eigenvalue weighted by molar-refractivity contribution is -0.127. The van der Waals surface area contributed by atoms with E-state index in [2.05, 4.69) is 9.88 Å². The largest absolute Gasteiger partial charge is 0.337 e. The van der Waals surface area contributed by atoms with Crippen molar-refractivity contribution in [3.63, 3.8) is 0 Å². The molecule has 1 fully saturated rings. The number of aryl methyl sites for hydroxylation is 2. The van der Waals surface area contributed by atoms with Gasteiger partial charge in [-0.2, -0.15) is 0 Å². The van der Waals surface area contributed by atoms with Crippen LogP contribution in [0.3, 0.4) is 0 Å². The molecule has 3 heterocycles. The number of benzene rings is 1. The van der Waals surface area contributed by atoms with Crippen molar-refractivity contribution in [3.05, 3.63) is 68.6 Å². The van der Waals surface area contributed by atoms with E-state index in [0.29, 0.717) is 19.6 Å². The monoisotopic (exact) mass is 434 g/mol. The SMILES string of the molecule is O=C(C=Cc1ccccc1)N1CCN(Cc2nc3sc4c(c3c(=O)[nH]2)CCCC4)CC1. The molecule has 1 aromatic carbocycles. The molecule has 0 spiro atoms. The number of aromatic nitrogens is 2. The first-order valence-corrected chi connectivity index (χ1v) is 11.8. The second kappa shape index (κ2) is 8.77. The molecular formula is C24H26N4O2S. The van der Waals surface area contributed by atoms with E-state index in [1.165, 1.54) is 16.9 Å². The molecule has 5 rings (SSSR count). The topological polar surface area (TPSA) is 69.3 Å². The number of rotatable bonds is 4. The predicted molar refractivity (Wildman–Crippen MR) is 124 cm³/mol. The average Bonchev–Trinajstić information content (AvgIpc) is 3.17. The fourth-order valence-corrected chi connectivity index (χ4v) is 5.74. The number of hydrogen-bond donors (Lipinski definition) is 1. The smallest absolute Gasteiger partial charge is 0.259 e. The molecule has 0 unspecified atom stereocenters. The Balaban J connectivity index is 1.21. The van der Waals surface area contributed by atoms with E-state index in [9.17, 15) is 9.59 Å². The minimum atomic E-state index is -0.000682. The lowest BCUT2D eigenvalue weighted by atomic mass is 9.97. The second-order valence-electron chi connectivity index (χ2n) is 8.25. The Morgan fingerprint density at radius 1 is 1.10 bits per heavy atom. The summed E-state index contributed by atoms with van der Waals surface area (Å²) in [7, 11) is 0. The summed E-state index contributed by atoms with van der Waals surface area (Å²) in [5.74, 6) is 0.764. The predicted octanol–water partition coefficient (Wildman–Crippen LogP) is 3.22. The summed E-state index contributed by atoms with van der Waals surface area (Å²) in [4.78, 5) is 39.4. The fraction of sp³-hybridized carbons (Fsp3) is 0.375. The molecule has 3 aromatic rings. The van der Waals surface area contributed by atoms with Crippen molar-refractivity contribution in [3.8, 4) is 0 Å². The highest BCUT2D eigenvalue weighted by Crippen LogP contribution is 2.33. The van der Waals surface area contributed by atoms with Gasteiger partial charge in [-0.05, 0) is 42.9 Å². The van der Waals surface area contributed by atoms with Crippen molar-refractivity contribution in [2.24, 2.45) is 0 Å². The van der Waals surface area contributed by atoms with Crippen LogP contribution in [0.5, 0.6) is 0 Å². The highest BCUT2D eigenvalue weighted by atomic mass is 32.1. The number of thiophene rings is 1. The van der Waals surface area contributed by atoms with Gasteiger partial charge in [0.1, 0.15) is 10.7 Å². The van der Waals surface area contributed by atoms with Crippen LogP contribution in [0.2, 0.25) is 0 Å². The van der Waals surface area contributed by atoms with Gasteiger partial charge < -0.3 is 9.88 Å². The van der Waals surface area contributed by atoms with E-state index < -0.39 is 0 Å². The minimum absolute atomic E-state index is 0.000682. The molecule has 1 amide bonds. The number of nitrogens with zero attached hydrogens (tertiary/aromatic N) is 3. The standard InChI is InChI=1S/C24H26N4O2S/c29-21(11-10-17-6-2-1-3-7-17)28-14-12-27(13-15-28)16-20-25-23(30)22-18-8-4-5-9-19(18)31-24(22)26-20/h1-3,6-7,10-11H,4-5,8-9,12-16H2,(H,25,26,30). The molecule has 6 nitrogen and oxygen atoms in total. The maximum atomic E-state index is 12.7. The van der Waals surface area contributed by atoms with E-state index in [1.54, 1.807) is 17.4 Å². The van der Waals surface area contributed by atoms with Crippen LogP contribution in [0, 0.1) is 0 Å². The first kappa shape index (κ1) is 20.2. The van der Waals surface area contributed by atoms with Crippen LogP contribution >= 0.6 is 11.3 Å². The zero-order chi connectivity index (χ0) is 21.2. The summed E-state index contributed by atoms with van der Waals surface area (Å²) in [5.41, 5.74) is 2.25. The van der Waals surface area contributed by atoms with Crippen LogP contribution in [0.4, 0.5) is 0 Å². The molecule has 0 bridgehead atoms. The summed E-state index contributed by atoms with van der Waals surface area (Å²) in [6.45, 7) is 3.51. The van der Waals surface area contributed by atoms with Gasteiger partial charge in [0.2, 0.25) is 5.91 Å². The van der Waals surface area contributed by atoms with Crippen molar-refractivity contribution in [1.29, 1.82) is 0 Å². The number of carbonyl (C=O) groups excluding carboxylic acids is 1. The van der Waals surface area contributed by atoms with Gasteiger partial charge in [-0.15, -0.1) is 11.3 Å². The Bertz CT molecular complexity index is 1170. The number of carbonyl (C=O) groups is 1. The highest BCUT2D eigenvalue weighted by Gasteiger charge is 2.22. The molecule has 31 heavy (non-hydrogen) atoms.